The fraction of sp³-hybridized carbons (Fsp3) is 0.667. The number of hydrogen-bond donors (Lipinski definition) is 1. The van der Waals surface area contributed by atoms with Gasteiger partial charge in [0.2, 0.25) is 0 Å². The van der Waals surface area contributed by atoms with E-state index in [0.29, 0.717) is 0 Å². The van der Waals surface area contributed by atoms with Crippen molar-refractivity contribution in [3.8, 4) is 0 Å². The van der Waals surface area contributed by atoms with E-state index in [1.807, 2.05) is 0 Å². The lowest BCUT2D eigenvalue weighted by atomic mass is 9.92. The summed E-state index contributed by atoms with van der Waals surface area (Å²) in [6, 6.07) is 2.19. The maximum absolute atomic E-state index is 4.63. The average molecular weight is 317 g/mol. The molecule has 0 aliphatic rings. The maximum Gasteiger partial charge on any atom is 0.0678 e. The number of nitrogens with one attached hydrogen (secondary N) is 1. The standard InChI is InChI=1S/C18H31N5/c1-8-22(11-15-10-17(20-19-15)18(5,6)7)12-16-13(3)21-23(9-2)14(16)4/h10H,8-9,11-12H2,1-7H3,(H,19,20). The summed E-state index contributed by atoms with van der Waals surface area (Å²) in [5, 5.41) is 12.3. The topological polar surface area (TPSA) is 49.7 Å². The molecule has 1 N–H and O–H groups in total. The number of H-pyrrole nitrogens is 1. The van der Waals surface area contributed by atoms with Gasteiger partial charge in [-0.2, -0.15) is 10.2 Å². The van der Waals surface area contributed by atoms with Crippen LogP contribution < -0.4 is 0 Å². The number of aryl methyl sites for hydroxylation is 2. The SMILES string of the molecule is CCN(Cc1cc(C(C)(C)C)n[nH]1)Cc1c(C)nn(CC)c1C. The van der Waals surface area contributed by atoms with Crippen molar-refractivity contribution in [1.82, 2.24) is 24.9 Å². The molecule has 0 saturated heterocycles. The third-order valence-corrected chi connectivity index (χ3v) is 4.45. The molecule has 2 rings (SSSR count). The maximum atomic E-state index is 4.63. The van der Waals surface area contributed by atoms with Crippen LogP contribution in [-0.2, 0) is 25.0 Å². The highest BCUT2D eigenvalue weighted by Gasteiger charge is 2.19. The van der Waals surface area contributed by atoms with E-state index in [0.717, 1.165) is 37.6 Å². The zero-order valence-electron chi connectivity index (χ0n) is 15.7. The Balaban J connectivity index is 2.12. The van der Waals surface area contributed by atoms with Gasteiger partial charge < -0.3 is 0 Å². The first-order valence-corrected chi connectivity index (χ1v) is 8.56. The second-order valence-corrected chi connectivity index (χ2v) is 7.30. The number of rotatable bonds is 6. The Morgan fingerprint density at radius 2 is 1.87 bits per heavy atom. The van der Waals surface area contributed by atoms with E-state index in [4.69, 9.17) is 0 Å². The normalized spacial score (nSPS) is 12.3. The first-order chi connectivity index (χ1) is 10.8. The van der Waals surface area contributed by atoms with E-state index < -0.39 is 0 Å². The molecule has 0 bridgehead atoms. The molecule has 0 aromatic carbocycles. The Labute approximate surface area is 140 Å². The van der Waals surface area contributed by atoms with Gasteiger partial charge in [-0.25, -0.2) is 0 Å². The molecule has 0 unspecified atom stereocenters. The number of nitrogens with zero attached hydrogens (tertiary/aromatic N) is 4. The molecule has 0 amide bonds. The molecular weight excluding hydrogens is 286 g/mol. The lowest BCUT2D eigenvalue weighted by molar-refractivity contribution is 0.267. The van der Waals surface area contributed by atoms with E-state index in [-0.39, 0.29) is 5.41 Å². The predicted molar refractivity (Wildman–Crippen MR) is 94.5 cm³/mol. The largest absolute Gasteiger partial charge is 0.293 e. The molecule has 128 valence electrons. The van der Waals surface area contributed by atoms with Crippen molar-refractivity contribution in [2.75, 3.05) is 6.54 Å². The molecule has 0 saturated carbocycles. The fourth-order valence-corrected chi connectivity index (χ4v) is 2.84. The Morgan fingerprint density at radius 3 is 2.35 bits per heavy atom. The van der Waals surface area contributed by atoms with Gasteiger partial charge >= 0.3 is 0 Å². The number of aromatic nitrogens is 4. The molecule has 2 aromatic heterocycles. The van der Waals surface area contributed by atoms with Gasteiger partial charge in [-0.15, -0.1) is 0 Å². The minimum Gasteiger partial charge on any atom is -0.293 e. The summed E-state index contributed by atoms with van der Waals surface area (Å²) in [5.74, 6) is 0. The van der Waals surface area contributed by atoms with Gasteiger partial charge in [-0.3, -0.25) is 14.7 Å². The zero-order valence-corrected chi connectivity index (χ0v) is 15.7. The van der Waals surface area contributed by atoms with Gasteiger partial charge in [-0.05, 0) is 33.4 Å². The Kier molecular flexibility index (Phi) is 5.30. The lowest BCUT2D eigenvalue weighted by Gasteiger charge is -2.20. The van der Waals surface area contributed by atoms with Crippen LogP contribution in [0.25, 0.3) is 0 Å². The molecule has 0 spiro atoms. The molecule has 5 heteroatoms. The van der Waals surface area contributed by atoms with E-state index in [1.165, 1.54) is 17.0 Å². The van der Waals surface area contributed by atoms with Crippen molar-refractivity contribution < 1.29 is 0 Å². The van der Waals surface area contributed by atoms with Gasteiger partial charge in [0.05, 0.1) is 11.4 Å². The summed E-state index contributed by atoms with van der Waals surface area (Å²) in [5.41, 5.74) is 6.15. The molecule has 2 heterocycles. The number of hydrogen-bond acceptors (Lipinski definition) is 3. The van der Waals surface area contributed by atoms with Crippen LogP contribution in [0.4, 0.5) is 0 Å². The minimum atomic E-state index is 0.0846. The fourth-order valence-electron chi connectivity index (χ4n) is 2.84. The highest BCUT2D eigenvalue weighted by molar-refractivity contribution is 5.24. The second-order valence-electron chi connectivity index (χ2n) is 7.30. The van der Waals surface area contributed by atoms with Crippen LogP contribution in [0.15, 0.2) is 6.07 Å². The van der Waals surface area contributed by atoms with Crippen LogP contribution in [0.2, 0.25) is 0 Å². The summed E-state index contributed by atoms with van der Waals surface area (Å²) < 4.78 is 2.09. The summed E-state index contributed by atoms with van der Waals surface area (Å²) in [4.78, 5) is 2.43. The molecule has 5 nitrogen and oxygen atoms in total. The molecular formula is C18H31N5. The van der Waals surface area contributed by atoms with Gasteiger partial charge in [0.1, 0.15) is 0 Å². The minimum absolute atomic E-state index is 0.0846. The van der Waals surface area contributed by atoms with Crippen LogP contribution in [0.5, 0.6) is 0 Å². The van der Waals surface area contributed by atoms with E-state index in [1.54, 1.807) is 0 Å². The van der Waals surface area contributed by atoms with Crippen molar-refractivity contribution in [2.45, 2.75) is 73.5 Å². The zero-order chi connectivity index (χ0) is 17.2. The van der Waals surface area contributed by atoms with Gasteiger partial charge in [0, 0.05) is 42.0 Å². The molecule has 0 aliphatic heterocycles. The monoisotopic (exact) mass is 317 g/mol. The van der Waals surface area contributed by atoms with Gasteiger partial charge in [0.15, 0.2) is 0 Å². The lowest BCUT2D eigenvalue weighted by Crippen LogP contribution is -2.23. The predicted octanol–water partition coefficient (Wildman–Crippen LogP) is 3.56. The quantitative estimate of drug-likeness (QED) is 0.886. The van der Waals surface area contributed by atoms with E-state index in [2.05, 4.69) is 79.4 Å². The van der Waals surface area contributed by atoms with E-state index >= 15 is 0 Å². The molecule has 0 fully saturated rings. The first-order valence-electron chi connectivity index (χ1n) is 8.56. The van der Waals surface area contributed by atoms with Crippen molar-refractivity contribution in [3.63, 3.8) is 0 Å². The van der Waals surface area contributed by atoms with E-state index in [9.17, 15) is 0 Å². The molecule has 23 heavy (non-hydrogen) atoms. The molecule has 0 atom stereocenters. The second kappa shape index (κ2) is 6.87. The van der Waals surface area contributed by atoms with Crippen LogP contribution in [0.1, 0.15) is 63.0 Å². The van der Waals surface area contributed by atoms with Crippen LogP contribution >= 0.6 is 0 Å². The molecule has 0 radical (unpaired) electrons. The summed E-state index contributed by atoms with van der Waals surface area (Å²) in [6.07, 6.45) is 0. The molecule has 2 aromatic rings. The summed E-state index contributed by atoms with van der Waals surface area (Å²) in [6.45, 7) is 18.9. The summed E-state index contributed by atoms with van der Waals surface area (Å²) >= 11 is 0. The smallest absolute Gasteiger partial charge is 0.0678 e. The average Bonchev–Trinajstić information content (AvgIpc) is 3.05. The van der Waals surface area contributed by atoms with Crippen molar-refractivity contribution in [2.24, 2.45) is 0 Å². The van der Waals surface area contributed by atoms with Gasteiger partial charge in [0.25, 0.3) is 0 Å². The third-order valence-electron chi connectivity index (χ3n) is 4.45. The van der Waals surface area contributed by atoms with Crippen molar-refractivity contribution in [3.05, 3.63) is 34.4 Å². The highest BCUT2D eigenvalue weighted by atomic mass is 15.3. The van der Waals surface area contributed by atoms with Crippen molar-refractivity contribution >= 4 is 0 Å². The van der Waals surface area contributed by atoms with Gasteiger partial charge in [-0.1, -0.05) is 27.7 Å². The number of aromatic amines is 1. The third kappa shape index (κ3) is 4.02. The first kappa shape index (κ1) is 17.7. The Morgan fingerprint density at radius 1 is 1.17 bits per heavy atom. The molecule has 0 aliphatic carbocycles. The van der Waals surface area contributed by atoms with Crippen LogP contribution in [0.3, 0.4) is 0 Å². The summed E-state index contributed by atoms with van der Waals surface area (Å²) in [7, 11) is 0. The van der Waals surface area contributed by atoms with Crippen LogP contribution in [-0.4, -0.2) is 31.4 Å². The van der Waals surface area contributed by atoms with Crippen LogP contribution in [0, 0.1) is 13.8 Å². The Hall–Kier alpha value is -1.62. The van der Waals surface area contributed by atoms with Crippen molar-refractivity contribution in [1.29, 1.82) is 0 Å². The Bertz CT molecular complexity index is 645. The highest BCUT2D eigenvalue weighted by Crippen LogP contribution is 2.21.